The van der Waals surface area contributed by atoms with Crippen LogP contribution in [0.5, 0.6) is 0 Å². The molecule has 0 unspecified atom stereocenters. The highest BCUT2D eigenvalue weighted by Crippen LogP contribution is 2.17. The fourth-order valence-corrected chi connectivity index (χ4v) is 3.03. The van der Waals surface area contributed by atoms with Gasteiger partial charge in [-0.1, -0.05) is 26.2 Å². The van der Waals surface area contributed by atoms with Crippen LogP contribution in [0, 0.1) is 0 Å². The molecule has 0 aliphatic carbocycles. The molecule has 0 bridgehead atoms. The van der Waals surface area contributed by atoms with E-state index in [0.29, 0.717) is 0 Å². The van der Waals surface area contributed by atoms with Crippen molar-refractivity contribution in [1.82, 2.24) is 0 Å². The van der Waals surface area contributed by atoms with Gasteiger partial charge in [0.2, 0.25) is 0 Å². The Hall–Kier alpha value is -0.123. The van der Waals surface area contributed by atoms with Gasteiger partial charge in [0.25, 0.3) is 0 Å². The first-order valence-electron chi connectivity index (χ1n) is 4.48. The molecule has 0 rings (SSSR count). The molecule has 0 saturated heterocycles. The van der Waals surface area contributed by atoms with Crippen LogP contribution in [-0.4, -0.2) is 22.8 Å². The Balaban J connectivity index is 3.84. The summed E-state index contributed by atoms with van der Waals surface area (Å²) in [6.07, 6.45) is 3.65. The minimum atomic E-state index is -1.99. The van der Waals surface area contributed by atoms with Gasteiger partial charge in [0, 0.05) is 14.2 Å². The molecular formula is C9H20O2Si. The van der Waals surface area contributed by atoms with Gasteiger partial charge in [0.15, 0.2) is 0 Å². The van der Waals surface area contributed by atoms with Gasteiger partial charge in [-0.3, -0.25) is 0 Å². The lowest BCUT2D eigenvalue weighted by atomic mass is 10.3. The van der Waals surface area contributed by atoms with Crippen molar-refractivity contribution < 1.29 is 8.85 Å². The van der Waals surface area contributed by atoms with Crippen LogP contribution < -0.4 is 0 Å². The zero-order valence-electron chi connectivity index (χ0n) is 8.43. The zero-order chi connectivity index (χ0) is 9.45. The highest BCUT2D eigenvalue weighted by atomic mass is 28.4. The van der Waals surface area contributed by atoms with Gasteiger partial charge in [-0.2, -0.15) is 0 Å². The summed E-state index contributed by atoms with van der Waals surface area (Å²) < 4.78 is 10.8. The average molecular weight is 188 g/mol. The second kappa shape index (κ2) is 6.40. The predicted molar refractivity (Wildman–Crippen MR) is 54.3 cm³/mol. The summed E-state index contributed by atoms with van der Waals surface area (Å²) in [5.74, 6) is 0. The van der Waals surface area contributed by atoms with E-state index in [9.17, 15) is 0 Å². The molecule has 72 valence electrons. The van der Waals surface area contributed by atoms with Gasteiger partial charge in [-0.05, 0) is 11.7 Å². The molecule has 0 radical (unpaired) electrons. The molecular weight excluding hydrogens is 168 g/mol. The monoisotopic (exact) mass is 188 g/mol. The third-order valence-corrected chi connectivity index (χ3v) is 5.19. The Morgan fingerprint density at radius 1 is 1.25 bits per heavy atom. The van der Waals surface area contributed by atoms with Crippen LogP contribution >= 0.6 is 0 Å². The molecule has 3 heteroatoms. The Morgan fingerprint density at radius 3 is 2.17 bits per heavy atom. The third-order valence-electron chi connectivity index (χ3n) is 2.13. The number of rotatable bonds is 7. The molecule has 12 heavy (non-hydrogen) atoms. The van der Waals surface area contributed by atoms with E-state index >= 15 is 0 Å². The van der Waals surface area contributed by atoms with Crippen LogP contribution in [0.2, 0.25) is 6.04 Å². The van der Waals surface area contributed by atoms with Crippen molar-refractivity contribution in [3.63, 3.8) is 0 Å². The molecule has 2 nitrogen and oxygen atoms in total. The molecule has 0 aromatic rings. The number of hydrogen-bond donors (Lipinski definition) is 0. The lowest BCUT2D eigenvalue weighted by Gasteiger charge is -2.23. The van der Waals surface area contributed by atoms with Gasteiger partial charge in [-0.25, -0.2) is 0 Å². The molecule has 0 aliphatic heterocycles. The van der Waals surface area contributed by atoms with Crippen molar-refractivity contribution in [3.8, 4) is 0 Å². The van der Waals surface area contributed by atoms with Gasteiger partial charge in [-0.15, -0.1) is 6.58 Å². The molecule has 0 N–H and O–H groups in total. The van der Waals surface area contributed by atoms with Crippen LogP contribution in [0.25, 0.3) is 0 Å². The summed E-state index contributed by atoms with van der Waals surface area (Å²) in [6, 6.07) is 1.03. The minimum absolute atomic E-state index is 1.03. The summed E-state index contributed by atoms with van der Waals surface area (Å²) in [5.41, 5.74) is 1.86. The first-order valence-corrected chi connectivity index (χ1v) is 6.58. The first-order chi connectivity index (χ1) is 5.74. The largest absolute Gasteiger partial charge is 0.395 e. The summed E-state index contributed by atoms with van der Waals surface area (Å²) in [6.45, 7) is 5.96. The van der Waals surface area contributed by atoms with E-state index in [1.165, 1.54) is 19.3 Å². The normalized spacial score (nSPS) is 11.6. The lowest BCUT2D eigenvalue weighted by Crippen LogP contribution is -2.37. The van der Waals surface area contributed by atoms with Gasteiger partial charge >= 0.3 is 8.56 Å². The molecule has 0 fully saturated rings. The summed E-state index contributed by atoms with van der Waals surface area (Å²) in [4.78, 5) is 0. The Bertz CT molecular complexity index is 122. The number of hydrogen-bond acceptors (Lipinski definition) is 2. The first kappa shape index (κ1) is 11.9. The lowest BCUT2D eigenvalue weighted by molar-refractivity contribution is 0.254. The Labute approximate surface area is 76.8 Å². The fraction of sp³-hybridized carbons (Fsp3) is 0.778. The van der Waals surface area contributed by atoms with Crippen LogP contribution in [-0.2, 0) is 8.85 Å². The van der Waals surface area contributed by atoms with E-state index in [2.05, 4.69) is 13.5 Å². The maximum atomic E-state index is 5.38. The van der Waals surface area contributed by atoms with Crippen LogP contribution in [0.3, 0.4) is 0 Å². The third kappa shape index (κ3) is 3.52. The second-order valence-electron chi connectivity index (χ2n) is 2.88. The van der Waals surface area contributed by atoms with E-state index < -0.39 is 8.56 Å². The second-order valence-corrected chi connectivity index (χ2v) is 6.23. The highest BCUT2D eigenvalue weighted by Gasteiger charge is 2.30. The molecule has 0 aromatic heterocycles. The van der Waals surface area contributed by atoms with Crippen molar-refractivity contribution in [2.24, 2.45) is 0 Å². The van der Waals surface area contributed by atoms with Gasteiger partial charge in [0.05, 0.1) is 0 Å². The van der Waals surface area contributed by atoms with Crippen LogP contribution in [0.1, 0.15) is 26.2 Å². The minimum Gasteiger partial charge on any atom is -0.395 e. The molecule has 0 aromatic carbocycles. The van der Waals surface area contributed by atoms with E-state index in [-0.39, 0.29) is 0 Å². The standard InChI is InChI=1S/C9H20O2Si/c1-5-7-8-9-12(6-2,10-3)11-4/h6H,2,5,7-9H2,1,3-4H3. The van der Waals surface area contributed by atoms with Crippen LogP contribution in [0.15, 0.2) is 12.3 Å². The molecule has 0 saturated carbocycles. The van der Waals surface area contributed by atoms with Crippen molar-refractivity contribution >= 4 is 8.56 Å². The Kier molecular flexibility index (Phi) is 6.33. The van der Waals surface area contributed by atoms with E-state index in [1.54, 1.807) is 14.2 Å². The summed E-state index contributed by atoms with van der Waals surface area (Å²) >= 11 is 0. The smallest absolute Gasteiger partial charge is 0.363 e. The van der Waals surface area contributed by atoms with E-state index in [4.69, 9.17) is 8.85 Å². The fourth-order valence-electron chi connectivity index (χ4n) is 1.18. The molecule has 0 heterocycles. The van der Waals surface area contributed by atoms with Gasteiger partial charge < -0.3 is 8.85 Å². The van der Waals surface area contributed by atoms with Crippen molar-refractivity contribution in [2.45, 2.75) is 32.2 Å². The van der Waals surface area contributed by atoms with Crippen molar-refractivity contribution in [1.29, 1.82) is 0 Å². The maximum absolute atomic E-state index is 5.38. The summed E-state index contributed by atoms with van der Waals surface area (Å²) in [5, 5.41) is 0. The average Bonchev–Trinajstić information content (AvgIpc) is 2.14. The Morgan fingerprint density at radius 2 is 1.83 bits per heavy atom. The highest BCUT2D eigenvalue weighted by molar-refractivity contribution is 6.72. The topological polar surface area (TPSA) is 18.5 Å². The van der Waals surface area contributed by atoms with Crippen LogP contribution in [0.4, 0.5) is 0 Å². The molecule has 0 atom stereocenters. The quantitative estimate of drug-likeness (QED) is 0.452. The van der Waals surface area contributed by atoms with Crippen molar-refractivity contribution in [2.75, 3.05) is 14.2 Å². The summed E-state index contributed by atoms with van der Waals surface area (Å²) in [7, 11) is 1.43. The molecule has 0 aliphatic rings. The molecule has 0 spiro atoms. The van der Waals surface area contributed by atoms with Crippen molar-refractivity contribution in [3.05, 3.63) is 12.3 Å². The maximum Gasteiger partial charge on any atom is 0.363 e. The van der Waals surface area contributed by atoms with E-state index in [0.717, 1.165) is 6.04 Å². The predicted octanol–water partition coefficient (Wildman–Crippen LogP) is 2.64. The van der Waals surface area contributed by atoms with E-state index in [1.807, 2.05) is 5.70 Å². The SMILES string of the molecule is C=C[Si](CCCCC)(OC)OC. The number of unbranched alkanes of at least 4 members (excludes halogenated alkanes) is 2. The molecule has 0 amide bonds. The van der Waals surface area contributed by atoms with Gasteiger partial charge in [0.1, 0.15) is 0 Å². The zero-order valence-corrected chi connectivity index (χ0v) is 9.43.